The van der Waals surface area contributed by atoms with Gasteiger partial charge in [0.2, 0.25) is 23.5 Å². The molecule has 180 valence electrons. The van der Waals surface area contributed by atoms with E-state index < -0.39 is 17.1 Å². The third-order valence-corrected chi connectivity index (χ3v) is 5.81. The van der Waals surface area contributed by atoms with Crippen molar-refractivity contribution in [3.05, 3.63) is 60.0 Å². The Labute approximate surface area is 202 Å². The minimum atomic E-state index is -0.983. The zero-order chi connectivity index (χ0) is 25.0. The van der Waals surface area contributed by atoms with E-state index in [0.29, 0.717) is 29.4 Å². The summed E-state index contributed by atoms with van der Waals surface area (Å²) in [4.78, 5) is 57.0. The Kier molecular flexibility index (Phi) is 6.72. The molecule has 4 rings (SSSR count). The normalized spacial score (nSPS) is 18.2. The molecule has 0 radical (unpaired) electrons. The van der Waals surface area contributed by atoms with Crippen LogP contribution in [0.5, 0.6) is 0 Å². The van der Waals surface area contributed by atoms with Gasteiger partial charge >= 0.3 is 0 Å². The molecule has 1 aromatic carbocycles. The van der Waals surface area contributed by atoms with Crippen LogP contribution in [0, 0.1) is 5.41 Å². The number of allylic oxidation sites excluding steroid dienone is 3. The molecule has 1 unspecified atom stereocenters. The average molecular weight is 475 g/mol. The van der Waals surface area contributed by atoms with Gasteiger partial charge in [-0.2, -0.15) is 0 Å². The molecule has 1 aliphatic carbocycles. The third-order valence-electron chi connectivity index (χ3n) is 5.81. The van der Waals surface area contributed by atoms with Crippen LogP contribution in [0.1, 0.15) is 25.8 Å². The molecule has 0 fully saturated rings. The lowest BCUT2D eigenvalue weighted by molar-refractivity contribution is -0.142. The SMILES string of the molecule is CC(=O)NCCNC(=O)C(=O)C1(C)C=CC(Nc2ncc3c(n2)-c2ccccc2NC(=O)C3)=CC1. The number of para-hydroxylation sites is 1. The third kappa shape index (κ3) is 5.43. The van der Waals surface area contributed by atoms with E-state index in [1.807, 2.05) is 30.3 Å². The Morgan fingerprint density at radius 1 is 1.14 bits per heavy atom. The zero-order valence-corrected chi connectivity index (χ0v) is 19.5. The lowest BCUT2D eigenvalue weighted by Crippen LogP contribution is -2.43. The molecule has 0 saturated carbocycles. The van der Waals surface area contributed by atoms with Crippen molar-refractivity contribution in [2.24, 2.45) is 5.41 Å². The average Bonchev–Trinajstić information content (AvgIpc) is 2.98. The van der Waals surface area contributed by atoms with E-state index in [-0.39, 0.29) is 31.3 Å². The first-order chi connectivity index (χ1) is 16.7. The van der Waals surface area contributed by atoms with Crippen molar-refractivity contribution in [3.63, 3.8) is 0 Å². The van der Waals surface area contributed by atoms with Crippen molar-refractivity contribution >= 4 is 35.1 Å². The Hall–Kier alpha value is -4.34. The molecule has 1 atom stereocenters. The number of nitrogens with one attached hydrogen (secondary N) is 4. The van der Waals surface area contributed by atoms with Crippen LogP contribution < -0.4 is 21.3 Å². The van der Waals surface area contributed by atoms with Crippen LogP contribution in [0.3, 0.4) is 0 Å². The Morgan fingerprint density at radius 2 is 1.91 bits per heavy atom. The van der Waals surface area contributed by atoms with E-state index >= 15 is 0 Å². The number of ketones is 1. The second-order valence-electron chi connectivity index (χ2n) is 8.65. The minimum Gasteiger partial charge on any atom is -0.355 e. The summed E-state index contributed by atoms with van der Waals surface area (Å²) >= 11 is 0. The van der Waals surface area contributed by atoms with Gasteiger partial charge in [-0.05, 0) is 25.5 Å². The highest BCUT2D eigenvalue weighted by Gasteiger charge is 2.36. The van der Waals surface area contributed by atoms with E-state index in [4.69, 9.17) is 0 Å². The van der Waals surface area contributed by atoms with Crippen molar-refractivity contribution < 1.29 is 19.2 Å². The second kappa shape index (κ2) is 9.88. The number of aromatic nitrogens is 2. The van der Waals surface area contributed by atoms with Gasteiger partial charge in [0.05, 0.1) is 23.2 Å². The van der Waals surface area contributed by atoms with Gasteiger partial charge in [0.15, 0.2) is 0 Å². The van der Waals surface area contributed by atoms with Gasteiger partial charge in [-0.25, -0.2) is 9.97 Å². The molecule has 35 heavy (non-hydrogen) atoms. The standard InChI is InChI=1S/C25H26N6O4/c1-15(32)26-11-12-27-23(35)22(34)25(2)9-7-17(8-10-25)29-24-28-14-16-13-20(33)30-19-6-4-3-5-18(19)21(16)31-24/h3-9,14H,10-13H2,1-2H3,(H,26,32)(H,27,35)(H,30,33)(H,28,29,31). The van der Waals surface area contributed by atoms with Gasteiger partial charge in [-0.3, -0.25) is 19.2 Å². The molecule has 10 heteroatoms. The van der Waals surface area contributed by atoms with Crippen LogP contribution in [0.4, 0.5) is 11.6 Å². The van der Waals surface area contributed by atoms with E-state index in [1.54, 1.807) is 25.3 Å². The summed E-state index contributed by atoms with van der Waals surface area (Å²) in [6.07, 6.45) is 7.36. The minimum absolute atomic E-state index is 0.124. The summed E-state index contributed by atoms with van der Waals surface area (Å²) in [7, 11) is 0. The molecular weight excluding hydrogens is 448 g/mol. The molecule has 1 aromatic heterocycles. The number of anilines is 2. The summed E-state index contributed by atoms with van der Waals surface area (Å²) in [5.74, 6) is -1.22. The lowest BCUT2D eigenvalue weighted by atomic mass is 9.79. The molecule has 0 saturated heterocycles. The quantitative estimate of drug-likeness (QED) is 0.354. The van der Waals surface area contributed by atoms with Crippen LogP contribution in [0.2, 0.25) is 0 Å². The highest BCUT2D eigenvalue weighted by atomic mass is 16.2. The fourth-order valence-electron chi connectivity index (χ4n) is 3.87. The maximum Gasteiger partial charge on any atom is 0.288 e. The number of amides is 3. The molecule has 2 aromatic rings. The zero-order valence-electron chi connectivity index (χ0n) is 19.5. The van der Waals surface area contributed by atoms with Gasteiger partial charge in [-0.1, -0.05) is 30.4 Å². The maximum atomic E-state index is 12.7. The van der Waals surface area contributed by atoms with Gasteiger partial charge in [-0.15, -0.1) is 0 Å². The topological polar surface area (TPSA) is 142 Å². The van der Waals surface area contributed by atoms with Crippen molar-refractivity contribution in [3.8, 4) is 11.3 Å². The fourth-order valence-corrected chi connectivity index (χ4v) is 3.87. The molecule has 4 N–H and O–H groups in total. The first-order valence-electron chi connectivity index (χ1n) is 11.2. The predicted octanol–water partition coefficient (Wildman–Crippen LogP) is 1.72. The number of nitrogens with zero attached hydrogens (tertiary/aromatic N) is 2. The molecular formula is C25H26N6O4. The van der Waals surface area contributed by atoms with Crippen LogP contribution in [0.25, 0.3) is 11.3 Å². The van der Waals surface area contributed by atoms with Crippen LogP contribution >= 0.6 is 0 Å². The first kappa shape index (κ1) is 23.8. The molecule has 2 heterocycles. The van der Waals surface area contributed by atoms with Crippen molar-refractivity contribution in [2.75, 3.05) is 23.7 Å². The smallest absolute Gasteiger partial charge is 0.288 e. The predicted molar refractivity (Wildman–Crippen MR) is 130 cm³/mol. The summed E-state index contributed by atoms with van der Waals surface area (Å²) in [6, 6.07) is 7.46. The first-order valence-corrected chi connectivity index (χ1v) is 11.2. The van der Waals surface area contributed by atoms with Gasteiger partial charge in [0, 0.05) is 43.0 Å². The number of rotatable bonds is 7. The molecule has 10 nitrogen and oxygen atoms in total. The number of carbonyl (C=O) groups excluding carboxylic acids is 4. The molecule has 0 spiro atoms. The number of fused-ring (bicyclic) bond motifs is 3. The second-order valence-corrected chi connectivity index (χ2v) is 8.65. The molecule has 3 amide bonds. The van der Waals surface area contributed by atoms with Gasteiger partial charge < -0.3 is 21.3 Å². The maximum absolute atomic E-state index is 12.7. The van der Waals surface area contributed by atoms with Crippen molar-refractivity contribution in [1.82, 2.24) is 20.6 Å². The van der Waals surface area contributed by atoms with Gasteiger partial charge in [0.1, 0.15) is 0 Å². The lowest BCUT2D eigenvalue weighted by Gasteiger charge is -2.26. The highest BCUT2D eigenvalue weighted by Crippen LogP contribution is 2.34. The number of hydrogen-bond acceptors (Lipinski definition) is 7. The molecule has 2 aliphatic rings. The number of Topliss-reactive ketones (excluding diaryl/α,β-unsaturated/α-hetero) is 1. The summed E-state index contributed by atoms with van der Waals surface area (Å²) in [5.41, 5.74) is 2.62. The summed E-state index contributed by atoms with van der Waals surface area (Å²) in [6.45, 7) is 3.51. The highest BCUT2D eigenvalue weighted by molar-refractivity contribution is 6.38. The van der Waals surface area contributed by atoms with Crippen molar-refractivity contribution in [2.45, 2.75) is 26.7 Å². The van der Waals surface area contributed by atoms with Gasteiger partial charge in [0.25, 0.3) is 5.91 Å². The Morgan fingerprint density at radius 3 is 2.66 bits per heavy atom. The van der Waals surface area contributed by atoms with Crippen molar-refractivity contribution in [1.29, 1.82) is 0 Å². The Bertz CT molecular complexity index is 1270. The summed E-state index contributed by atoms with van der Waals surface area (Å²) < 4.78 is 0. The van der Waals surface area contributed by atoms with E-state index in [1.165, 1.54) is 6.92 Å². The van der Waals surface area contributed by atoms with Crippen LogP contribution in [0.15, 0.2) is 54.4 Å². The number of benzene rings is 1. The Balaban J connectivity index is 1.43. The van der Waals surface area contributed by atoms with Crippen LogP contribution in [-0.2, 0) is 25.6 Å². The monoisotopic (exact) mass is 474 g/mol. The fraction of sp³-hybridized carbons (Fsp3) is 0.280. The van der Waals surface area contributed by atoms with Crippen LogP contribution in [-0.4, -0.2) is 46.6 Å². The van der Waals surface area contributed by atoms with E-state index in [2.05, 4.69) is 31.2 Å². The molecule has 0 bridgehead atoms. The summed E-state index contributed by atoms with van der Waals surface area (Å²) in [5, 5.41) is 11.1. The molecule has 1 aliphatic heterocycles. The largest absolute Gasteiger partial charge is 0.355 e. The number of hydrogen-bond donors (Lipinski definition) is 4. The van der Waals surface area contributed by atoms with E-state index in [0.717, 1.165) is 11.1 Å². The van der Waals surface area contributed by atoms with E-state index in [9.17, 15) is 19.2 Å². The number of carbonyl (C=O) groups is 4.